The highest BCUT2D eigenvalue weighted by Crippen LogP contribution is 2.23. The zero-order valence-corrected chi connectivity index (χ0v) is 10.7. The van der Waals surface area contributed by atoms with Crippen LogP contribution in [0.25, 0.3) is 0 Å². The predicted molar refractivity (Wildman–Crippen MR) is 66.0 cm³/mol. The zero-order chi connectivity index (χ0) is 10.7. The van der Waals surface area contributed by atoms with Gasteiger partial charge in [-0.3, -0.25) is 0 Å². The van der Waals surface area contributed by atoms with Crippen molar-refractivity contribution in [2.24, 2.45) is 0 Å². The van der Waals surface area contributed by atoms with E-state index in [4.69, 9.17) is 0 Å². The van der Waals surface area contributed by atoms with Gasteiger partial charge in [0.15, 0.2) is 0 Å². The highest BCUT2D eigenvalue weighted by molar-refractivity contribution is 9.10. The van der Waals surface area contributed by atoms with Crippen LogP contribution in [0.4, 0.5) is 5.69 Å². The summed E-state index contributed by atoms with van der Waals surface area (Å²) in [5, 5.41) is 0.314. The molecule has 0 saturated heterocycles. The molecule has 82 valence electrons. The molecule has 15 heavy (non-hydrogen) atoms. The lowest BCUT2D eigenvalue weighted by atomic mass is 10.4. The number of hydrogen-bond acceptors (Lipinski definition) is 2. The van der Waals surface area contributed by atoms with Crippen molar-refractivity contribution in [2.45, 2.75) is 30.9 Å². The Kier molecular flexibility index (Phi) is 3.75. The quantitative estimate of drug-likeness (QED) is 0.869. The summed E-state index contributed by atoms with van der Waals surface area (Å²) in [7, 11) is -0.958. The van der Waals surface area contributed by atoms with E-state index in [9.17, 15) is 4.21 Å². The molecular weight excluding hydrogens is 276 g/mol. The van der Waals surface area contributed by atoms with Crippen LogP contribution in [0.3, 0.4) is 0 Å². The number of hydrogen-bond donors (Lipinski definition) is 1. The van der Waals surface area contributed by atoms with Crippen molar-refractivity contribution in [3.8, 4) is 0 Å². The van der Waals surface area contributed by atoms with Crippen LogP contribution in [0.15, 0.2) is 22.9 Å². The van der Waals surface area contributed by atoms with Crippen molar-refractivity contribution in [1.82, 2.24) is 4.98 Å². The van der Waals surface area contributed by atoms with Crippen LogP contribution in [0, 0.1) is 0 Å². The van der Waals surface area contributed by atoms with Gasteiger partial charge < -0.3 is 4.72 Å². The third kappa shape index (κ3) is 3.01. The van der Waals surface area contributed by atoms with Crippen LogP contribution in [0.1, 0.15) is 25.7 Å². The maximum absolute atomic E-state index is 11.9. The fourth-order valence-electron chi connectivity index (χ4n) is 1.74. The van der Waals surface area contributed by atoms with Crippen molar-refractivity contribution in [3.05, 3.63) is 22.9 Å². The van der Waals surface area contributed by atoms with E-state index in [0.29, 0.717) is 5.25 Å². The smallest absolute Gasteiger partial charge is 0.120 e. The van der Waals surface area contributed by atoms with Crippen LogP contribution in [0.5, 0.6) is 0 Å². The molecule has 1 atom stereocenters. The van der Waals surface area contributed by atoms with E-state index in [1.165, 1.54) is 12.8 Å². The number of anilines is 1. The molecule has 0 bridgehead atoms. The molecule has 3 nitrogen and oxygen atoms in total. The Morgan fingerprint density at radius 2 is 2.13 bits per heavy atom. The molecule has 0 aliphatic heterocycles. The number of aromatic nitrogens is 1. The second-order valence-electron chi connectivity index (χ2n) is 3.68. The topological polar surface area (TPSA) is 42.0 Å². The Hall–Kier alpha value is -0.420. The molecule has 0 aromatic carbocycles. The standard InChI is InChI=1S/C10H13BrN2OS/c11-10-6-5-8(7-12-10)13-15(14)9-3-1-2-4-9/h5-7,9,13H,1-4H2. The summed E-state index contributed by atoms with van der Waals surface area (Å²) in [6.07, 6.45) is 6.25. The van der Waals surface area contributed by atoms with Crippen LogP contribution in [0.2, 0.25) is 0 Å². The summed E-state index contributed by atoms with van der Waals surface area (Å²) >= 11 is 3.26. The van der Waals surface area contributed by atoms with Crippen LogP contribution in [-0.2, 0) is 11.0 Å². The Bertz CT molecular complexity index is 349. The average Bonchev–Trinajstić information content (AvgIpc) is 2.74. The van der Waals surface area contributed by atoms with E-state index in [1.807, 2.05) is 12.1 Å². The molecule has 1 aliphatic carbocycles. The second kappa shape index (κ2) is 5.07. The van der Waals surface area contributed by atoms with Crippen LogP contribution < -0.4 is 4.72 Å². The first-order chi connectivity index (χ1) is 7.25. The number of rotatable bonds is 3. The Labute approximate surface area is 100 Å². The molecule has 0 spiro atoms. The normalized spacial score (nSPS) is 19.0. The van der Waals surface area contributed by atoms with E-state index < -0.39 is 11.0 Å². The summed E-state index contributed by atoms with van der Waals surface area (Å²) in [5.41, 5.74) is 0.823. The third-order valence-corrected chi connectivity index (χ3v) is 4.53. The molecule has 1 aliphatic rings. The molecule has 0 radical (unpaired) electrons. The molecule has 1 aromatic rings. The maximum atomic E-state index is 11.9. The summed E-state index contributed by atoms with van der Waals surface area (Å²) < 4.78 is 15.7. The van der Waals surface area contributed by atoms with Gasteiger partial charge in [-0.15, -0.1) is 0 Å². The minimum atomic E-state index is -0.958. The molecule has 1 heterocycles. The minimum absolute atomic E-state index is 0.314. The molecule has 0 amide bonds. The predicted octanol–water partition coefficient (Wildman–Crippen LogP) is 2.86. The highest BCUT2D eigenvalue weighted by Gasteiger charge is 2.21. The lowest BCUT2D eigenvalue weighted by molar-refractivity contribution is 0.673. The summed E-state index contributed by atoms with van der Waals surface area (Å²) in [5.74, 6) is 0. The lowest BCUT2D eigenvalue weighted by Gasteiger charge is -2.10. The first-order valence-electron chi connectivity index (χ1n) is 5.04. The summed E-state index contributed by atoms with van der Waals surface area (Å²) in [6.45, 7) is 0. The van der Waals surface area contributed by atoms with Gasteiger partial charge in [-0.2, -0.15) is 0 Å². The maximum Gasteiger partial charge on any atom is 0.120 e. The van der Waals surface area contributed by atoms with Gasteiger partial charge in [-0.05, 0) is 40.9 Å². The third-order valence-electron chi connectivity index (χ3n) is 2.55. The zero-order valence-electron chi connectivity index (χ0n) is 8.28. The fraction of sp³-hybridized carbons (Fsp3) is 0.500. The average molecular weight is 289 g/mol. The fourth-order valence-corrected chi connectivity index (χ4v) is 3.25. The van der Waals surface area contributed by atoms with Gasteiger partial charge in [0.1, 0.15) is 15.6 Å². The van der Waals surface area contributed by atoms with Crippen molar-refractivity contribution in [1.29, 1.82) is 0 Å². The van der Waals surface area contributed by atoms with Crippen molar-refractivity contribution >= 4 is 32.6 Å². The van der Waals surface area contributed by atoms with E-state index in [1.54, 1.807) is 6.20 Å². The number of halogens is 1. The van der Waals surface area contributed by atoms with Crippen LogP contribution in [-0.4, -0.2) is 14.4 Å². The molecule has 1 fully saturated rings. The summed E-state index contributed by atoms with van der Waals surface area (Å²) in [4.78, 5) is 4.08. The lowest BCUT2D eigenvalue weighted by Crippen LogP contribution is -2.17. The first kappa shape index (κ1) is 11.1. The Balaban J connectivity index is 1.96. The second-order valence-corrected chi connectivity index (χ2v) is 5.95. The van der Waals surface area contributed by atoms with Crippen molar-refractivity contribution in [2.75, 3.05) is 4.72 Å². The molecule has 2 rings (SSSR count). The van der Waals surface area contributed by atoms with E-state index in [0.717, 1.165) is 23.1 Å². The molecule has 1 N–H and O–H groups in total. The molecule has 1 saturated carbocycles. The number of nitrogens with one attached hydrogen (secondary N) is 1. The van der Waals surface area contributed by atoms with E-state index in [2.05, 4.69) is 25.6 Å². The SMILES string of the molecule is O=S(Nc1ccc(Br)nc1)C1CCCC1. The van der Waals surface area contributed by atoms with Gasteiger partial charge in [-0.25, -0.2) is 9.19 Å². The number of nitrogens with zero attached hydrogens (tertiary/aromatic N) is 1. The van der Waals surface area contributed by atoms with Gasteiger partial charge in [0.25, 0.3) is 0 Å². The van der Waals surface area contributed by atoms with Crippen molar-refractivity contribution < 1.29 is 4.21 Å². The minimum Gasteiger partial charge on any atom is -0.303 e. The monoisotopic (exact) mass is 288 g/mol. The van der Waals surface area contributed by atoms with E-state index >= 15 is 0 Å². The van der Waals surface area contributed by atoms with Crippen LogP contribution >= 0.6 is 15.9 Å². The largest absolute Gasteiger partial charge is 0.303 e. The van der Waals surface area contributed by atoms with Gasteiger partial charge in [0.2, 0.25) is 0 Å². The van der Waals surface area contributed by atoms with Gasteiger partial charge >= 0.3 is 0 Å². The molecule has 1 aromatic heterocycles. The highest BCUT2D eigenvalue weighted by atomic mass is 79.9. The van der Waals surface area contributed by atoms with Gasteiger partial charge in [0.05, 0.1) is 17.1 Å². The summed E-state index contributed by atoms with van der Waals surface area (Å²) in [6, 6.07) is 3.72. The van der Waals surface area contributed by atoms with Gasteiger partial charge in [0, 0.05) is 0 Å². The number of pyridine rings is 1. The Morgan fingerprint density at radius 3 is 2.73 bits per heavy atom. The van der Waals surface area contributed by atoms with E-state index in [-0.39, 0.29) is 0 Å². The van der Waals surface area contributed by atoms with Gasteiger partial charge in [-0.1, -0.05) is 12.8 Å². The molecular formula is C10H13BrN2OS. The Morgan fingerprint density at radius 1 is 1.40 bits per heavy atom. The molecule has 5 heteroatoms. The first-order valence-corrected chi connectivity index (χ1v) is 7.05. The molecule has 1 unspecified atom stereocenters. The van der Waals surface area contributed by atoms with Crippen molar-refractivity contribution in [3.63, 3.8) is 0 Å².